The molecular weight excluding hydrogens is 366 g/mol. The highest BCUT2D eigenvalue weighted by atomic mass is 16.5. The van der Waals surface area contributed by atoms with Crippen molar-refractivity contribution in [3.8, 4) is 5.75 Å². The topological polar surface area (TPSA) is 65.4 Å². The van der Waals surface area contributed by atoms with E-state index >= 15 is 0 Å². The third-order valence-electron chi connectivity index (χ3n) is 4.81. The van der Waals surface area contributed by atoms with Crippen molar-refractivity contribution in [3.05, 3.63) is 59.9 Å². The minimum atomic E-state index is -0.113. The molecule has 0 saturated heterocycles. The van der Waals surface area contributed by atoms with Gasteiger partial charge >= 0.3 is 0 Å². The Hall–Kier alpha value is -2.86. The number of hydrogen-bond donors (Lipinski definition) is 1. The zero-order valence-electron chi connectivity index (χ0n) is 17.2. The average Bonchev–Trinajstić information content (AvgIpc) is 3.09. The van der Waals surface area contributed by atoms with Crippen LogP contribution in [-0.2, 0) is 28.9 Å². The van der Waals surface area contributed by atoms with Crippen LogP contribution in [0.5, 0.6) is 5.75 Å². The molecule has 0 atom stereocenters. The van der Waals surface area contributed by atoms with Crippen LogP contribution in [0, 0.1) is 0 Å². The Morgan fingerprint density at radius 1 is 1.14 bits per heavy atom. The lowest BCUT2D eigenvalue weighted by molar-refractivity contribution is -0.124. The number of ether oxygens (including phenoxy) is 2. The van der Waals surface area contributed by atoms with E-state index in [0.717, 1.165) is 42.0 Å². The third kappa shape index (κ3) is 5.81. The Kier molecular flexibility index (Phi) is 7.64. The monoisotopic (exact) mass is 395 g/mol. The largest absolute Gasteiger partial charge is 0.494 e. The number of aromatic nitrogens is 2. The van der Waals surface area contributed by atoms with E-state index in [1.165, 1.54) is 12.7 Å². The van der Waals surface area contributed by atoms with Gasteiger partial charge in [-0.05, 0) is 42.7 Å². The van der Waals surface area contributed by atoms with Crippen molar-refractivity contribution in [3.63, 3.8) is 0 Å². The van der Waals surface area contributed by atoms with Crippen LogP contribution in [0.15, 0.2) is 48.5 Å². The predicted octanol–water partition coefficient (Wildman–Crippen LogP) is 3.37. The van der Waals surface area contributed by atoms with Crippen molar-refractivity contribution in [2.45, 2.75) is 32.7 Å². The Morgan fingerprint density at radius 2 is 1.93 bits per heavy atom. The molecule has 154 valence electrons. The second-order valence-corrected chi connectivity index (χ2v) is 6.90. The van der Waals surface area contributed by atoms with Crippen molar-refractivity contribution in [1.29, 1.82) is 0 Å². The smallest absolute Gasteiger partial charge is 0.245 e. The van der Waals surface area contributed by atoms with Gasteiger partial charge in [-0.2, -0.15) is 0 Å². The molecule has 0 saturated carbocycles. The van der Waals surface area contributed by atoms with Crippen LogP contribution in [0.4, 0.5) is 0 Å². The van der Waals surface area contributed by atoms with Crippen molar-refractivity contribution >= 4 is 16.9 Å². The molecular formula is C23H29N3O3. The number of nitrogens with zero attached hydrogens (tertiary/aromatic N) is 2. The molecule has 0 aliphatic heterocycles. The highest BCUT2D eigenvalue weighted by Crippen LogP contribution is 2.18. The molecule has 0 unspecified atom stereocenters. The van der Waals surface area contributed by atoms with Crippen LogP contribution < -0.4 is 10.1 Å². The van der Waals surface area contributed by atoms with Crippen LogP contribution in [0.2, 0.25) is 0 Å². The number of para-hydroxylation sites is 2. The molecule has 3 rings (SSSR count). The molecule has 29 heavy (non-hydrogen) atoms. The normalized spacial score (nSPS) is 11.0. The lowest BCUT2D eigenvalue weighted by Crippen LogP contribution is -2.29. The maximum atomic E-state index is 11.6. The van der Waals surface area contributed by atoms with Gasteiger partial charge in [0.2, 0.25) is 5.91 Å². The standard InChI is InChI=1S/C23H29N3O3/c1-3-18-9-11-19(12-10-18)29-16-6-15-26-21-8-5-4-7-20(21)25-22(26)13-14-24-23(27)17-28-2/h4-5,7-12H,3,6,13-17H2,1-2H3,(H,24,27). The summed E-state index contributed by atoms with van der Waals surface area (Å²) in [6, 6.07) is 16.4. The number of imidazole rings is 1. The zero-order valence-corrected chi connectivity index (χ0v) is 17.2. The maximum Gasteiger partial charge on any atom is 0.245 e. The number of amides is 1. The first kappa shape index (κ1) is 20.9. The summed E-state index contributed by atoms with van der Waals surface area (Å²) in [4.78, 5) is 16.3. The fourth-order valence-electron chi connectivity index (χ4n) is 3.30. The van der Waals surface area contributed by atoms with Crippen molar-refractivity contribution in [2.75, 3.05) is 26.9 Å². The van der Waals surface area contributed by atoms with E-state index in [0.29, 0.717) is 19.6 Å². The minimum absolute atomic E-state index is 0.0764. The molecule has 0 spiro atoms. The maximum absolute atomic E-state index is 11.6. The number of benzene rings is 2. The fourth-order valence-corrected chi connectivity index (χ4v) is 3.30. The zero-order chi connectivity index (χ0) is 20.5. The van der Waals surface area contributed by atoms with Gasteiger partial charge in [0, 0.05) is 26.6 Å². The molecule has 0 fully saturated rings. The average molecular weight is 396 g/mol. The first-order chi connectivity index (χ1) is 14.2. The number of aryl methyl sites for hydroxylation is 2. The van der Waals surface area contributed by atoms with E-state index < -0.39 is 0 Å². The van der Waals surface area contributed by atoms with Crippen LogP contribution in [0.3, 0.4) is 0 Å². The highest BCUT2D eigenvalue weighted by Gasteiger charge is 2.11. The molecule has 0 aliphatic carbocycles. The first-order valence-corrected chi connectivity index (χ1v) is 10.1. The molecule has 6 nitrogen and oxygen atoms in total. The fraction of sp³-hybridized carbons (Fsp3) is 0.391. The molecule has 2 aromatic carbocycles. The van der Waals surface area contributed by atoms with E-state index in [4.69, 9.17) is 14.5 Å². The number of fused-ring (bicyclic) bond motifs is 1. The Morgan fingerprint density at radius 3 is 2.69 bits per heavy atom. The van der Waals surface area contributed by atoms with Crippen LogP contribution >= 0.6 is 0 Å². The molecule has 3 aromatic rings. The summed E-state index contributed by atoms with van der Waals surface area (Å²) in [7, 11) is 1.51. The Labute approximate surface area is 171 Å². The SMILES string of the molecule is CCc1ccc(OCCCn2c(CCNC(=O)COC)nc3ccccc32)cc1. The summed E-state index contributed by atoms with van der Waals surface area (Å²) in [6.45, 7) is 4.21. The van der Waals surface area contributed by atoms with Crippen molar-refractivity contribution in [1.82, 2.24) is 14.9 Å². The second kappa shape index (κ2) is 10.6. The number of hydrogen-bond acceptors (Lipinski definition) is 4. The van der Waals surface area contributed by atoms with Gasteiger partial charge in [-0.25, -0.2) is 4.98 Å². The summed E-state index contributed by atoms with van der Waals surface area (Å²) in [6.07, 6.45) is 2.57. The van der Waals surface area contributed by atoms with Crippen LogP contribution in [0.25, 0.3) is 11.0 Å². The van der Waals surface area contributed by atoms with Gasteiger partial charge in [0.15, 0.2) is 0 Å². The van der Waals surface area contributed by atoms with E-state index in [-0.39, 0.29) is 12.5 Å². The summed E-state index contributed by atoms with van der Waals surface area (Å²) in [5.74, 6) is 1.76. The van der Waals surface area contributed by atoms with Gasteiger partial charge in [0.25, 0.3) is 0 Å². The van der Waals surface area contributed by atoms with Gasteiger partial charge in [-0.15, -0.1) is 0 Å². The highest BCUT2D eigenvalue weighted by molar-refractivity contribution is 5.77. The van der Waals surface area contributed by atoms with Crippen molar-refractivity contribution in [2.24, 2.45) is 0 Å². The number of rotatable bonds is 11. The van der Waals surface area contributed by atoms with Crippen LogP contribution in [0.1, 0.15) is 24.7 Å². The quantitative estimate of drug-likeness (QED) is 0.506. The molecule has 6 heteroatoms. The number of methoxy groups -OCH3 is 1. The molecule has 0 aliphatic rings. The van der Waals surface area contributed by atoms with Gasteiger partial charge < -0.3 is 19.4 Å². The predicted molar refractivity (Wildman–Crippen MR) is 114 cm³/mol. The molecule has 1 N–H and O–H groups in total. The van der Waals surface area contributed by atoms with Gasteiger partial charge in [-0.3, -0.25) is 4.79 Å². The number of nitrogens with one attached hydrogen (secondary N) is 1. The second-order valence-electron chi connectivity index (χ2n) is 6.90. The number of carbonyl (C=O) groups excluding carboxylic acids is 1. The van der Waals surface area contributed by atoms with E-state index in [1.54, 1.807) is 0 Å². The van der Waals surface area contributed by atoms with Crippen molar-refractivity contribution < 1.29 is 14.3 Å². The van der Waals surface area contributed by atoms with Crippen LogP contribution in [-0.4, -0.2) is 42.3 Å². The lowest BCUT2D eigenvalue weighted by atomic mass is 10.2. The first-order valence-electron chi connectivity index (χ1n) is 10.1. The molecule has 1 amide bonds. The van der Waals surface area contributed by atoms with Gasteiger partial charge in [0.1, 0.15) is 18.2 Å². The van der Waals surface area contributed by atoms with Gasteiger partial charge in [-0.1, -0.05) is 31.2 Å². The molecule has 1 aromatic heterocycles. The summed E-state index contributed by atoms with van der Waals surface area (Å²) >= 11 is 0. The van der Waals surface area contributed by atoms with E-state index in [9.17, 15) is 4.79 Å². The van der Waals surface area contributed by atoms with E-state index in [2.05, 4.69) is 35.0 Å². The molecule has 1 heterocycles. The third-order valence-corrected chi connectivity index (χ3v) is 4.81. The summed E-state index contributed by atoms with van der Waals surface area (Å²) in [5.41, 5.74) is 3.39. The van der Waals surface area contributed by atoms with E-state index in [1.807, 2.05) is 30.3 Å². The minimum Gasteiger partial charge on any atom is -0.494 e. The Bertz CT molecular complexity index is 919. The Balaban J connectivity index is 1.58. The molecule has 0 radical (unpaired) electrons. The summed E-state index contributed by atoms with van der Waals surface area (Å²) in [5, 5.41) is 2.86. The molecule has 0 bridgehead atoms. The summed E-state index contributed by atoms with van der Waals surface area (Å²) < 4.78 is 13.0. The van der Waals surface area contributed by atoms with Gasteiger partial charge in [0.05, 0.1) is 17.6 Å². The number of carbonyl (C=O) groups is 1. The lowest BCUT2D eigenvalue weighted by Gasteiger charge is -2.11.